The lowest BCUT2D eigenvalue weighted by Gasteiger charge is -2.22. The zero-order valence-corrected chi connectivity index (χ0v) is 35.4. The first-order chi connectivity index (χ1) is 27.9. The Morgan fingerprint density at radius 1 is 0.552 bits per heavy atom. The number of aliphatic imine (C=N–C) groups is 4. The van der Waals surface area contributed by atoms with Gasteiger partial charge in [0.1, 0.15) is 23.0 Å². The van der Waals surface area contributed by atoms with Gasteiger partial charge in [-0.2, -0.15) is 0 Å². The molecular weight excluding hydrogens is 729 g/mol. The Morgan fingerprint density at radius 2 is 0.879 bits per heavy atom. The van der Waals surface area contributed by atoms with Crippen LogP contribution in [0.5, 0.6) is 11.5 Å². The molecule has 0 amide bonds. The van der Waals surface area contributed by atoms with Crippen molar-refractivity contribution in [1.29, 1.82) is 0 Å². The SMILES string of the molecule is CC(C)(C)c1cc2c(O)c(c1)C=NCCN(CCNCc1ccco1)CCN=Cc1cc(C(C)(C)C)cc(c1O)C=NCCN(CCNCc1ccco1)CCN=C2. The molecule has 12 heteroatoms. The Labute approximate surface area is 344 Å². The van der Waals surface area contributed by atoms with E-state index in [1.807, 2.05) is 48.5 Å². The molecule has 58 heavy (non-hydrogen) atoms. The van der Waals surface area contributed by atoms with Crippen LogP contribution in [0.1, 0.15) is 86.4 Å². The van der Waals surface area contributed by atoms with Gasteiger partial charge < -0.3 is 29.7 Å². The average Bonchev–Trinajstić information content (AvgIpc) is 3.91. The topological polar surface area (TPSA) is 147 Å². The molecule has 312 valence electrons. The van der Waals surface area contributed by atoms with E-state index < -0.39 is 0 Å². The van der Waals surface area contributed by atoms with Gasteiger partial charge in [0.15, 0.2) is 0 Å². The number of phenolic OH excluding ortho intramolecular Hbond substituents is 2. The highest BCUT2D eigenvalue weighted by Gasteiger charge is 2.19. The minimum absolute atomic E-state index is 0.132. The van der Waals surface area contributed by atoms with Crippen LogP contribution in [0.3, 0.4) is 0 Å². The van der Waals surface area contributed by atoms with Crippen LogP contribution in [0, 0.1) is 0 Å². The molecule has 4 bridgehead atoms. The summed E-state index contributed by atoms with van der Waals surface area (Å²) in [4.78, 5) is 23.8. The number of phenols is 2. The van der Waals surface area contributed by atoms with Crippen molar-refractivity contribution in [3.8, 4) is 11.5 Å². The molecule has 0 radical (unpaired) electrons. The Balaban J connectivity index is 1.38. The van der Waals surface area contributed by atoms with Crippen molar-refractivity contribution in [2.75, 3.05) is 78.5 Å². The summed E-state index contributed by atoms with van der Waals surface area (Å²) in [6.45, 7) is 22.5. The molecule has 2 aromatic carbocycles. The van der Waals surface area contributed by atoms with Crippen LogP contribution in [0.25, 0.3) is 0 Å². The molecule has 4 N–H and O–H groups in total. The number of furan rings is 2. The van der Waals surface area contributed by atoms with Gasteiger partial charge >= 0.3 is 0 Å². The number of benzene rings is 2. The van der Waals surface area contributed by atoms with E-state index in [0.29, 0.717) is 87.7 Å². The molecule has 0 fully saturated rings. The summed E-state index contributed by atoms with van der Waals surface area (Å²) in [5.41, 5.74) is 4.65. The van der Waals surface area contributed by atoms with Crippen molar-refractivity contribution in [2.24, 2.45) is 20.0 Å². The van der Waals surface area contributed by atoms with Crippen molar-refractivity contribution >= 4 is 24.9 Å². The van der Waals surface area contributed by atoms with Crippen molar-refractivity contribution in [3.05, 3.63) is 106 Å². The molecule has 4 aromatic rings. The Hall–Kier alpha value is -4.88. The molecular formula is C46H64N8O4. The third-order valence-electron chi connectivity index (χ3n) is 10.1. The number of nitrogens with zero attached hydrogens (tertiary/aromatic N) is 6. The fourth-order valence-electron chi connectivity index (χ4n) is 6.46. The number of hydrogen-bond acceptors (Lipinski definition) is 12. The van der Waals surface area contributed by atoms with Gasteiger partial charge in [-0.15, -0.1) is 0 Å². The lowest BCUT2D eigenvalue weighted by Crippen LogP contribution is -2.35. The van der Waals surface area contributed by atoms with E-state index in [1.165, 1.54) is 0 Å². The van der Waals surface area contributed by atoms with E-state index in [9.17, 15) is 10.2 Å². The highest BCUT2D eigenvalue weighted by atomic mass is 16.3. The maximum absolute atomic E-state index is 11.4. The van der Waals surface area contributed by atoms with E-state index in [1.54, 1.807) is 37.4 Å². The molecule has 0 saturated carbocycles. The summed E-state index contributed by atoms with van der Waals surface area (Å²) >= 11 is 0. The molecule has 2 aromatic heterocycles. The second-order valence-electron chi connectivity index (χ2n) is 16.8. The van der Waals surface area contributed by atoms with Crippen LogP contribution in [-0.2, 0) is 23.9 Å². The molecule has 1 aliphatic rings. The second-order valence-corrected chi connectivity index (χ2v) is 16.8. The van der Waals surface area contributed by atoms with Gasteiger partial charge in [-0.1, -0.05) is 41.5 Å². The zero-order valence-electron chi connectivity index (χ0n) is 35.4. The average molecular weight is 793 g/mol. The summed E-state index contributed by atoms with van der Waals surface area (Å²) in [5, 5.41) is 29.7. The minimum atomic E-state index is -0.132. The van der Waals surface area contributed by atoms with E-state index in [4.69, 9.17) is 28.8 Å². The quantitative estimate of drug-likeness (QED) is 0.134. The molecule has 3 heterocycles. The fourth-order valence-corrected chi connectivity index (χ4v) is 6.46. The molecule has 0 spiro atoms. The van der Waals surface area contributed by atoms with Gasteiger partial charge in [0.2, 0.25) is 0 Å². The fraction of sp³-hybridized carbons (Fsp3) is 0.478. The van der Waals surface area contributed by atoms with Gasteiger partial charge in [-0.25, -0.2) is 0 Å². The largest absolute Gasteiger partial charge is 0.507 e. The number of hydrogen-bond donors (Lipinski definition) is 4. The van der Waals surface area contributed by atoms with Crippen molar-refractivity contribution in [2.45, 2.75) is 65.5 Å². The highest BCUT2D eigenvalue weighted by Crippen LogP contribution is 2.31. The maximum atomic E-state index is 11.4. The molecule has 0 saturated heterocycles. The number of aromatic hydroxyl groups is 2. The molecule has 12 nitrogen and oxygen atoms in total. The minimum Gasteiger partial charge on any atom is -0.507 e. The number of nitrogens with one attached hydrogen (secondary N) is 2. The maximum Gasteiger partial charge on any atom is 0.133 e. The van der Waals surface area contributed by atoms with Crippen molar-refractivity contribution in [1.82, 2.24) is 20.4 Å². The normalized spacial score (nSPS) is 15.8. The molecule has 1 aliphatic heterocycles. The third-order valence-corrected chi connectivity index (χ3v) is 10.1. The van der Waals surface area contributed by atoms with Gasteiger partial charge in [0, 0.05) is 99.5 Å². The predicted octanol–water partition coefficient (Wildman–Crippen LogP) is 6.45. The predicted molar refractivity (Wildman–Crippen MR) is 237 cm³/mol. The zero-order chi connectivity index (χ0) is 41.4. The van der Waals surface area contributed by atoms with Crippen LogP contribution in [-0.4, -0.2) is 123 Å². The molecule has 0 atom stereocenters. The van der Waals surface area contributed by atoms with Gasteiger partial charge in [-0.05, 0) is 70.5 Å². The first-order valence-electron chi connectivity index (χ1n) is 20.5. The van der Waals surface area contributed by atoms with E-state index in [0.717, 1.165) is 48.8 Å². The Kier molecular flexibility index (Phi) is 16.6. The highest BCUT2D eigenvalue weighted by molar-refractivity contribution is 5.93. The summed E-state index contributed by atoms with van der Waals surface area (Å²) in [5.74, 6) is 2.15. The van der Waals surface area contributed by atoms with Crippen molar-refractivity contribution < 1.29 is 19.0 Å². The lowest BCUT2D eigenvalue weighted by atomic mass is 9.85. The van der Waals surface area contributed by atoms with Crippen LogP contribution in [0.4, 0.5) is 0 Å². The van der Waals surface area contributed by atoms with Gasteiger partial charge in [0.05, 0.1) is 51.8 Å². The van der Waals surface area contributed by atoms with Crippen LogP contribution >= 0.6 is 0 Å². The Morgan fingerprint density at radius 3 is 1.16 bits per heavy atom. The summed E-state index contributed by atoms with van der Waals surface area (Å²) < 4.78 is 11.0. The second kappa shape index (κ2) is 21.8. The smallest absolute Gasteiger partial charge is 0.133 e. The molecule has 0 unspecified atom stereocenters. The van der Waals surface area contributed by atoms with E-state index in [2.05, 4.69) is 62.0 Å². The van der Waals surface area contributed by atoms with E-state index in [-0.39, 0.29) is 22.3 Å². The molecule has 0 aliphatic carbocycles. The molecule has 5 rings (SSSR count). The lowest BCUT2D eigenvalue weighted by molar-refractivity contribution is 0.287. The number of fused-ring (bicyclic) bond motifs is 4. The first-order valence-corrected chi connectivity index (χ1v) is 20.5. The standard InChI is InChI=1S/C46H64N8O4/c1-45(2,3)39-25-35-29-47-11-17-53(21-15-51-33-41-9-7-23-57-41)19-13-49-31-37-27-40(46(4,5)6)28-38(44(37)56)32-50-14-20-54(18-12-48-30-36(26-39)43(35)55)22-16-52-34-42-10-8-24-58-42/h7-10,23-32,51-52,55-56H,11-22,33-34H2,1-6H3. The summed E-state index contributed by atoms with van der Waals surface area (Å²) in [7, 11) is 0. The van der Waals surface area contributed by atoms with Gasteiger partial charge in [0.25, 0.3) is 0 Å². The van der Waals surface area contributed by atoms with Crippen LogP contribution < -0.4 is 10.6 Å². The van der Waals surface area contributed by atoms with Crippen molar-refractivity contribution in [3.63, 3.8) is 0 Å². The van der Waals surface area contributed by atoms with Gasteiger partial charge in [-0.3, -0.25) is 29.8 Å². The summed E-state index contributed by atoms with van der Waals surface area (Å²) in [6.07, 6.45) is 10.5. The monoisotopic (exact) mass is 793 g/mol. The van der Waals surface area contributed by atoms with Crippen LogP contribution in [0.15, 0.2) is 89.9 Å². The summed E-state index contributed by atoms with van der Waals surface area (Å²) in [6, 6.07) is 15.8. The number of rotatable bonds is 10. The third kappa shape index (κ3) is 14.2. The first kappa shape index (κ1) is 44.2. The van der Waals surface area contributed by atoms with Crippen LogP contribution in [0.2, 0.25) is 0 Å². The van der Waals surface area contributed by atoms with E-state index >= 15 is 0 Å². The Bertz CT molecular complexity index is 1730.